The summed E-state index contributed by atoms with van der Waals surface area (Å²) in [6.07, 6.45) is 9.04. The van der Waals surface area contributed by atoms with Crippen molar-refractivity contribution in [2.24, 2.45) is 0 Å². The molecule has 0 saturated carbocycles. The zero-order valence-electron chi connectivity index (χ0n) is 11.8. The van der Waals surface area contributed by atoms with Crippen molar-refractivity contribution in [3.63, 3.8) is 0 Å². The van der Waals surface area contributed by atoms with Crippen LogP contribution in [0, 0.1) is 0 Å². The SMILES string of the molecule is O=C(COc1cccnc1)N1CCC[C@@H](n2cccn2)C1. The molecule has 1 atom stereocenters. The number of hydrogen-bond donors (Lipinski definition) is 0. The monoisotopic (exact) mass is 286 g/mol. The molecule has 3 heterocycles. The van der Waals surface area contributed by atoms with Crippen molar-refractivity contribution in [3.05, 3.63) is 43.0 Å². The van der Waals surface area contributed by atoms with Gasteiger partial charge in [-0.3, -0.25) is 14.5 Å². The number of ether oxygens (including phenoxy) is 1. The fourth-order valence-corrected chi connectivity index (χ4v) is 2.56. The number of carbonyl (C=O) groups is 1. The first kappa shape index (κ1) is 13.6. The van der Waals surface area contributed by atoms with Crippen LogP contribution in [0.4, 0.5) is 0 Å². The number of nitrogens with zero attached hydrogens (tertiary/aromatic N) is 4. The normalized spacial score (nSPS) is 18.5. The summed E-state index contributed by atoms with van der Waals surface area (Å²) in [5.74, 6) is 0.627. The van der Waals surface area contributed by atoms with E-state index in [1.54, 1.807) is 30.7 Å². The number of piperidine rings is 1. The van der Waals surface area contributed by atoms with Crippen LogP contribution >= 0.6 is 0 Å². The molecule has 0 bridgehead atoms. The van der Waals surface area contributed by atoms with Gasteiger partial charge in [0.1, 0.15) is 5.75 Å². The van der Waals surface area contributed by atoms with Gasteiger partial charge in [0.25, 0.3) is 5.91 Å². The highest BCUT2D eigenvalue weighted by atomic mass is 16.5. The molecule has 6 nitrogen and oxygen atoms in total. The van der Waals surface area contributed by atoms with E-state index in [9.17, 15) is 4.79 Å². The Morgan fingerprint density at radius 1 is 1.38 bits per heavy atom. The summed E-state index contributed by atoms with van der Waals surface area (Å²) in [5, 5.41) is 4.27. The maximum atomic E-state index is 12.2. The molecule has 2 aromatic rings. The van der Waals surface area contributed by atoms with E-state index in [1.165, 1.54) is 0 Å². The first-order valence-electron chi connectivity index (χ1n) is 7.12. The van der Waals surface area contributed by atoms with Gasteiger partial charge >= 0.3 is 0 Å². The Hall–Kier alpha value is -2.37. The van der Waals surface area contributed by atoms with Gasteiger partial charge in [0.2, 0.25) is 0 Å². The zero-order chi connectivity index (χ0) is 14.5. The van der Waals surface area contributed by atoms with Gasteiger partial charge in [0.15, 0.2) is 6.61 Å². The summed E-state index contributed by atoms with van der Waals surface area (Å²) in [7, 11) is 0. The molecule has 1 aliphatic heterocycles. The lowest BCUT2D eigenvalue weighted by molar-refractivity contribution is -0.135. The molecule has 1 amide bonds. The summed E-state index contributed by atoms with van der Waals surface area (Å²) in [6.45, 7) is 1.53. The van der Waals surface area contributed by atoms with Gasteiger partial charge in [0, 0.05) is 31.7 Å². The summed E-state index contributed by atoms with van der Waals surface area (Å²) < 4.78 is 7.40. The van der Waals surface area contributed by atoms with Gasteiger partial charge in [-0.1, -0.05) is 0 Å². The number of amides is 1. The van der Waals surface area contributed by atoms with Crippen molar-refractivity contribution in [1.82, 2.24) is 19.7 Å². The van der Waals surface area contributed by atoms with Crippen LogP contribution in [0.2, 0.25) is 0 Å². The number of carbonyl (C=O) groups excluding carboxylic acids is 1. The maximum absolute atomic E-state index is 12.2. The first-order chi connectivity index (χ1) is 10.3. The Bertz CT molecular complexity index is 571. The average Bonchev–Trinajstić information content (AvgIpc) is 3.08. The first-order valence-corrected chi connectivity index (χ1v) is 7.12. The minimum absolute atomic E-state index is 0.00992. The third kappa shape index (κ3) is 3.39. The topological polar surface area (TPSA) is 60.2 Å². The van der Waals surface area contributed by atoms with Crippen LogP contribution in [-0.2, 0) is 4.79 Å². The van der Waals surface area contributed by atoms with E-state index in [0.717, 1.165) is 19.4 Å². The molecule has 1 fully saturated rings. The molecule has 0 N–H and O–H groups in total. The molecule has 1 aliphatic rings. The highest BCUT2D eigenvalue weighted by Crippen LogP contribution is 2.20. The van der Waals surface area contributed by atoms with Crippen molar-refractivity contribution in [3.8, 4) is 5.75 Å². The molecule has 110 valence electrons. The minimum atomic E-state index is 0.00992. The average molecular weight is 286 g/mol. The molecule has 0 radical (unpaired) electrons. The molecule has 0 unspecified atom stereocenters. The van der Waals surface area contributed by atoms with Crippen molar-refractivity contribution in [1.29, 1.82) is 0 Å². The quantitative estimate of drug-likeness (QED) is 0.855. The molecule has 1 saturated heterocycles. The molecule has 0 aromatic carbocycles. The third-order valence-corrected chi connectivity index (χ3v) is 3.64. The van der Waals surface area contributed by atoms with Crippen LogP contribution in [0.3, 0.4) is 0 Å². The van der Waals surface area contributed by atoms with Gasteiger partial charge in [-0.15, -0.1) is 0 Å². The van der Waals surface area contributed by atoms with Crippen molar-refractivity contribution >= 4 is 5.91 Å². The minimum Gasteiger partial charge on any atom is -0.482 e. The van der Waals surface area contributed by atoms with Crippen LogP contribution < -0.4 is 4.74 Å². The van der Waals surface area contributed by atoms with Gasteiger partial charge < -0.3 is 9.64 Å². The van der Waals surface area contributed by atoms with E-state index in [-0.39, 0.29) is 18.6 Å². The van der Waals surface area contributed by atoms with E-state index < -0.39 is 0 Å². The molecule has 6 heteroatoms. The Labute approximate surface area is 123 Å². The van der Waals surface area contributed by atoms with Crippen LogP contribution in [0.1, 0.15) is 18.9 Å². The predicted octanol–water partition coefficient (Wildman–Crippen LogP) is 1.52. The van der Waals surface area contributed by atoms with E-state index in [4.69, 9.17) is 4.74 Å². The van der Waals surface area contributed by atoms with Gasteiger partial charge in [-0.25, -0.2) is 0 Å². The summed E-state index contributed by atoms with van der Waals surface area (Å²) in [6, 6.07) is 5.75. The predicted molar refractivity (Wildman–Crippen MR) is 76.8 cm³/mol. The Morgan fingerprint density at radius 2 is 2.33 bits per heavy atom. The number of pyridine rings is 1. The second-order valence-corrected chi connectivity index (χ2v) is 5.10. The third-order valence-electron chi connectivity index (χ3n) is 3.64. The second-order valence-electron chi connectivity index (χ2n) is 5.10. The number of rotatable bonds is 4. The van der Waals surface area contributed by atoms with E-state index in [0.29, 0.717) is 12.3 Å². The van der Waals surface area contributed by atoms with Crippen LogP contribution in [-0.4, -0.2) is 45.3 Å². The van der Waals surface area contributed by atoms with E-state index >= 15 is 0 Å². The molecule has 2 aromatic heterocycles. The zero-order valence-corrected chi connectivity index (χ0v) is 11.8. The van der Waals surface area contributed by atoms with Gasteiger partial charge in [-0.2, -0.15) is 5.10 Å². The van der Waals surface area contributed by atoms with Crippen molar-refractivity contribution in [2.75, 3.05) is 19.7 Å². The fourth-order valence-electron chi connectivity index (χ4n) is 2.56. The lowest BCUT2D eigenvalue weighted by atomic mass is 10.1. The summed E-state index contributed by atoms with van der Waals surface area (Å²) in [4.78, 5) is 18.1. The maximum Gasteiger partial charge on any atom is 0.260 e. The fraction of sp³-hybridized carbons (Fsp3) is 0.400. The molecule has 0 aliphatic carbocycles. The largest absolute Gasteiger partial charge is 0.482 e. The lowest BCUT2D eigenvalue weighted by Crippen LogP contribution is -2.43. The second kappa shape index (κ2) is 6.39. The molecular weight excluding hydrogens is 268 g/mol. The van der Waals surface area contributed by atoms with Crippen LogP contribution in [0.15, 0.2) is 43.0 Å². The highest BCUT2D eigenvalue weighted by Gasteiger charge is 2.25. The van der Waals surface area contributed by atoms with Crippen molar-refractivity contribution in [2.45, 2.75) is 18.9 Å². The highest BCUT2D eigenvalue weighted by molar-refractivity contribution is 5.77. The molecule has 21 heavy (non-hydrogen) atoms. The lowest BCUT2D eigenvalue weighted by Gasteiger charge is -2.32. The smallest absolute Gasteiger partial charge is 0.260 e. The number of hydrogen-bond acceptors (Lipinski definition) is 4. The number of aromatic nitrogens is 3. The van der Waals surface area contributed by atoms with Crippen LogP contribution in [0.5, 0.6) is 5.75 Å². The van der Waals surface area contributed by atoms with Crippen LogP contribution in [0.25, 0.3) is 0 Å². The molecular formula is C15H18N4O2. The Kier molecular flexibility index (Phi) is 4.14. The summed E-state index contributed by atoms with van der Waals surface area (Å²) >= 11 is 0. The van der Waals surface area contributed by atoms with E-state index in [2.05, 4.69) is 10.1 Å². The summed E-state index contributed by atoms with van der Waals surface area (Å²) in [5.41, 5.74) is 0. The standard InChI is InChI=1S/C15H18N4O2/c20-15(12-21-14-5-1-6-16-10-14)18-8-2-4-13(11-18)19-9-3-7-17-19/h1,3,5-7,9-10,13H,2,4,8,11-12H2/t13-/m1/s1. The Morgan fingerprint density at radius 3 is 3.10 bits per heavy atom. The van der Waals surface area contributed by atoms with Crippen molar-refractivity contribution < 1.29 is 9.53 Å². The number of likely N-dealkylation sites (tertiary alicyclic amines) is 1. The van der Waals surface area contributed by atoms with Gasteiger partial charge in [-0.05, 0) is 31.0 Å². The molecule has 0 spiro atoms. The van der Waals surface area contributed by atoms with Gasteiger partial charge in [0.05, 0.1) is 12.2 Å². The Balaban J connectivity index is 1.55. The van der Waals surface area contributed by atoms with E-state index in [1.807, 2.05) is 21.8 Å². The molecule has 3 rings (SSSR count).